The van der Waals surface area contributed by atoms with Gasteiger partial charge in [0.05, 0.1) is 23.7 Å². The first-order valence-electron chi connectivity index (χ1n) is 3.99. The summed E-state index contributed by atoms with van der Waals surface area (Å²) in [4.78, 5) is 3.89. The summed E-state index contributed by atoms with van der Waals surface area (Å²) in [6.45, 7) is 0. The van der Waals surface area contributed by atoms with Gasteiger partial charge in [0.2, 0.25) is 0 Å². The molecule has 0 amide bonds. The molecule has 0 bridgehead atoms. The van der Waals surface area contributed by atoms with Crippen molar-refractivity contribution in [3.8, 4) is 6.07 Å². The Morgan fingerprint density at radius 2 is 2.20 bits per heavy atom. The molecule has 0 aliphatic heterocycles. The molecule has 1 heterocycles. The average molecular weight is 340 g/mol. The highest BCUT2D eigenvalue weighted by atomic mass is 79.9. The van der Waals surface area contributed by atoms with Gasteiger partial charge in [-0.2, -0.15) is 5.26 Å². The fraction of sp³-hybridized carbons (Fsp3) is 0.333. The van der Waals surface area contributed by atoms with Gasteiger partial charge in [-0.15, -0.1) is 0 Å². The van der Waals surface area contributed by atoms with E-state index in [1.807, 2.05) is 6.07 Å². The van der Waals surface area contributed by atoms with E-state index in [4.69, 9.17) is 5.26 Å². The van der Waals surface area contributed by atoms with Crippen molar-refractivity contribution in [2.24, 2.45) is 0 Å². The lowest BCUT2D eigenvalue weighted by Crippen LogP contribution is -2.00. The molecule has 0 aromatic carbocycles. The van der Waals surface area contributed by atoms with Gasteiger partial charge in [-0.1, -0.05) is 15.9 Å². The molecule has 0 aliphatic rings. The number of nitriles is 1. The minimum Gasteiger partial charge on any atom is -0.244 e. The Bertz CT molecular complexity index is 402. The minimum atomic E-state index is -2.57. The van der Waals surface area contributed by atoms with Crippen LogP contribution in [0, 0.1) is 11.3 Å². The summed E-state index contributed by atoms with van der Waals surface area (Å²) in [5, 5.41) is 8.80. The van der Waals surface area contributed by atoms with E-state index in [1.165, 1.54) is 6.07 Å². The van der Waals surface area contributed by atoms with Crippen LogP contribution < -0.4 is 0 Å². The van der Waals surface area contributed by atoms with Crippen LogP contribution in [-0.2, 0) is 11.8 Å². The third kappa shape index (κ3) is 2.95. The number of pyridine rings is 1. The van der Waals surface area contributed by atoms with Crippen molar-refractivity contribution in [2.45, 2.75) is 18.2 Å². The van der Waals surface area contributed by atoms with Gasteiger partial charge in [0.15, 0.2) is 0 Å². The molecule has 0 saturated carbocycles. The molecule has 1 aromatic heterocycles. The maximum absolute atomic E-state index is 12.6. The zero-order chi connectivity index (χ0) is 11.4. The molecule has 0 spiro atoms. The van der Waals surface area contributed by atoms with Gasteiger partial charge < -0.3 is 0 Å². The third-order valence-electron chi connectivity index (χ3n) is 1.77. The lowest BCUT2D eigenvalue weighted by molar-refractivity contribution is 0.149. The van der Waals surface area contributed by atoms with Gasteiger partial charge in [-0.3, -0.25) is 0 Å². The Hall–Kier alpha value is -0.540. The summed E-state index contributed by atoms with van der Waals surface area (Å²) in [5.74, 6) is 0. The first kappa shape index (κ1) is 12.5. The van der Waals surface area contributed by atoms with Crippen LogP contribution in [0.2, 0.25) is 0 Å². The van der Waals surface area contributed by atoms with E-state index in [2.05, 4.69) is 36.8 Å². The molecule has 80 valence electrons. The lowest BCUT2D eigenvalue weighted by Gasteiger charge is -2.09. The van der Waals surface area contributed by atoms with E-state index in [-0.39, 0.29) is 16.6 Å². The van der Waals surface area contributed by atoms with Crippen LogP contribution in [0.5, 0.6) is 0 Å². The lowest BCUT2D eigenvalue weighted by atomic mass is 10.1. The number of hydrogen-bond donors (Lipinski definition) is 0. The summed E-state index contributed by atoms with van der Waals surface area (Å²) >= 11 is 6.12. The molecule has 6 heteroatoms. The van der Waals surface area contributed by atoms with Gasteiger partial charge in [0.1, 0.15) is 4.60 Å². The number of rotatable bonds is 3. The quantitative estimate of drug-likeness (QED) is 0.621. The summed E-state index contributed by atoms with van der Waals surface area (Å²) in [5.41, 5.74) is 0.828. The van der Waals surface area contributed by atoms with E-state index in [1.54, 1.807) is 0 Å². The monoisotopic (exact) mass is 338 g/mol. The molecular weight excluding hydrogens is 334 g/mol. The zero-order valence-corrected chi connectivity index (χ0v) is 10.6. The second kappa shape index (κ2) is 5.52. The predicted molar refractivity (Wildman–Crippen MR) is 58.8 cm³/mol. The molecule has 0 saturated heterocycles. The van der Waals surface area contributed by atoms with Gasteiger partial charge in [0, 0.05) is 5.33 Å². The van der Waals surface area contributed by atoms with Crippen molar-refractivity contribution in [3.05, 3.63) is 27.5 Å². The minimum absolute atomic E-state index is 0.111. The Labute approximate surface area is 103 Å². The predicted octanol–water partition coefficient (Wildman–Crippen LogP) is 3.74. The molecule has 0 fully saturated rings. The van der Waals surface area contributed by atoms with Crippen molar-refractivity contribution < 1.29 is 8.78 Å². The molecule has 15 heavy (non-hydrogen) atoms. The van der Waals surface area contributed by atoms with Gasteiger partial charge in [-0.25, -0.2) is 13.8 Å². The van der Waals surface area contributed by atoms with Crippen LogP contribution in [0.4, 0.5) is 8.78 Å². The Morgan fingerprint density at radius 3 is 2.67 bits per heavy atom. The Kier molecular flexibility index (Phi) is 4.61. The fourth-order valence-corrected chi connectivity index (χ4v) is 2.26. The van der Waals surface area contributed by atoms with Crippen LogP contribution in [0.1, 0.15) is 23.2 Å². The van der Waals surface area contributed by atoms with Crippen molar-refractivity contribution in [1.29, 1.82) is 5.26 Å². The summed E-state index contributed by atoms with van der Waals surface area (Å²) < 4.78 is 25.4. The van der Waals surface area contributed by atoms with Gasteiger partial charge in [0.25, 0.3) is 6.43 Å². The topological polar surface area (TPSA) is 36.7 Å². The second-order valence-electron chi connectivity index (χ2n) is 2.75. The van der Waals surface area contributed by atoms with Crippen molar-refractivity contribution in [3.63, 3.8) is 0 Å². The molecule has 2 nitrogen and oxygen atoms in total. The molecule has 0 atom stereocenters. The average Bonchev–Trinajstić information content (AvgIpc) is 2.16. The highest BCUT2D eigenvalue weighted by molar-refractivity contribution is 9.10. The number of hydrogen-bond acceptors (Lipinski definition) is 2. The van der Waals surface area contributed by atoms with Crippen LogP contribution in [0.25, 0.3) is 0 Å². The van der Waals surface area contributed by atoms with Crippen LogP contribution in [0.15, 0.2) is 10.7 Å². The van der Waals surface area contributed by atoms with Gasteiger partial charge in [-0.05, 0) is 27.6 Å². The fourth-order valence-electron chi connectivity index (χ4n) is 1.14. The van der Waals surface area contributed by atoms with Gasteiger partial charge >= 0.3 is 0 Å². The largest absolute Gasteiger partial charge is 0.266 e. The Morgan fingerprint density at radius 1 is 1.53 bits per heavy atom. The summed E-state index contributed by atoms with van der Waals surface area (Å²) in [7, 11) is 0. The van der Waals surface area contributed by atoms with E-state index < -0.39 is 6.43 Å². The highest BCUT2D eigenvalue weighted by Gasteiger charge is 2.18. The van der Waals surface area contributed by atoms with E-state index >= 15 is 0 Å². The highest BCUT2D eigenvalue weighted by Crippen LogP contribution is 2.31. The van der Waals surface area contributed by atoms with Crippen molar-refractivity contribution in [1.82, 2.24) is 4.98 Å². The summed E-state index contributed by atoms with van der Waals surface area (Å²) in [6, 6.07) is 3.44. The first-order valence-corrected chi connectivity index (χ1v) is 5.90. The second-order valence-corrected chi connectivity index (χ2v) is 4.06. The molecule has 1 rings (SSSR count). The number of alkyl halides is 3. The molecule has 1 aromatic rings. The SMILES string of the molecule is N#CCc1cc(CBr)c(C(F)F)c(Br)n1. The maximum atomic E-state index is 12.6. The molecule has 0 radical (unpaired) electrons. The maximum Gasteiger partial charge on any atom is 0.266 e. The molecule has 0 unspecified atom stereocenters. The smallest absolute Gasteiger partial charge is 0.244 e. The van der Waals surface area contributed by atoms with Crippen LogP contribution >= 0.6 is 31.9 Å². The third-order valence-corrected chi connectivity index (χ3v) is 2.98. The molecule has 0 aliphatic carbocycles. The van der Waals surface area contributed by atoms with Crippen LogP contribution in [0.3, 0.4) is 0 Å². The van der Waals surface area contributed by atoms with Crippen molar-refractivity contribution >= 4 is 31.9 Å². The standard InChI is InChI=1S/C9H6Br2F2N2/c10-4-5-3-6(1-2-14)15-8(11)7(5)9(12)13/h3,9H,1,4H2. The van der Waals surface area contributed by atoms with E-state index in [9.17, 15) is 8.78 Å². The first-order chi connectivity index (χ1) is 7.10. The van der Waals surface area contributed by atoms with Crippen LogP contribution in [-0.4, -0.2) is 4.98 Å². The number of nitrogens with zero attached hydrogens (tertiary/aromatic N) is 2. The Balaban J connectivity index is 3.25. The number of halogens is 4. The summed E-state index contributed by atoms with van der Waals surface area (Å²) in [6.07, 6.45) is -2.46. The van der Waals surface area contributed by atoms with Crippen molar-refractivity contribution in [2.75, 3.05) is 0 Å². The number of aromatic nitrogens is 1. The molecular formula is C9H6Br2F2N2. The molecule has 0 N–H and O–H groups in total. The van der Waals surface area contributed by atoms with E-state index in [0.29, 0.717) is 16.6 Å². The normalized spacial score (nSPS) is 10.4. The van der Waals surface area contributed by atoms with E-state index in [0.717, 1.165) is 0 Å². The zero-order valence-electron chi connectivity index (χ0n) is 7.48.